The SMILES string of the molecule is CC(=O)c1ccc(-c2cccc3c2[C@H]2CCNCC[C@@H]2N3)cc1. The number of nitrogens with one attached hydrogen (secondary N) is 2. The van der Waals surface area contributed by atoms with Gasteiger partial charge in [0.15, 0.2) is 5.78 Å². The van der Waals surface area contributed by atoms with Crippen molar-refractivity contribution in [3.8, 4) is 11.1 Å². The summed E-state index contributed by atoms with van der Waals surface area (Å²) in [6.45, 7) is 3.78. The van der Waals surface area contributed by atoms with E-state index in [1.54, 1.807) is 6.92 Å². The Labute approximate surface area is 137 Å². The molecule has 0 radical (unpaired) electrons. The van der Waals surface area contributed by atoms with Gasteiger partial charge in [0.2, 0.25) is 0 Å². The van der Waals surface area contributed by atoms with Gasteiger partial charge in [0.25, 0.3) is 0 Å². The number of carbonyl (C=O) groups excluding carboxylic acids is 1. The molecular weight excluding hydrogens is 284 g/mol. The molecule has 2 atom stereocenters. The van der Waals surface area contributed by atoms with Gasteiger partial charge in [0.1, 0.15) is 0 Å². The van der Waals surface area contributed by atoms with Crippen molar-refractivity contribution in [2.75, 3.05) is 18.4 Å². The Bertz CT molecular complexity index is 736. The lowest BCUT2D eigenvalue weighted by Crippen LogP contribution is -2.21. The lowest BCUT2D eigenvalue weighted by molar-refractivity contribution is 0.101. The summed E-state index contributed by atoms with van der Waals surface area (Å²) >= 11 is 0. The van der Waals surface area contributed by atoms with Gasteiger partial charge in [-0.25, -0.2) is 0 Å². The van der Waals surface area contributed by atoms with Gasteiger partial charge in [0, 0.05) is 23.2 Å². The average molecular weight is 306 g/mol. The van der Waals surface area contributed by atoms with E-state index < -0.39 is 0 Å². The van der Waals surface area contributed by atoms with Crippen LogP contribution in [0.1, 0.15) is 41.6 Å². The van der Waals surface area contributed by atoms with Gasteiger partial charge in [-0.15, -0.1) is 0 Å². The highest BCUT2D eigenvalue weighted by molar-refractivity contribution is 5.94. The summed E-state index contributed by atoms with van der Waals surface area (Å²) in [6, 6.07) is 15.1. The van der Waals surface area contributed by atoms with Crippen LogP contribution in [0.5, 0.6) is 0 Å². The molecule has 0 spiro atoms. The minimum absolute atomic E-state index is 0.117. The number of rotatable bonds is 2. The second-order valence-electron chi connectivity index (χ2n) is 6.59. The molecule has 0 aromatic heterocycles. The first-order valence-electron chi connectivity index (χ1n) is 8.45. The molecule has 4 rings (SSSR count). The highest BCUT2D eigenvalue weighted by Crippen LogP contribution is 2.45. The van der Waals surface area contributed by atoms with Gasteiger partial charge in [-0.2, -0.15) is 0 Å². The molecule has 0 bridgehead atoms. The predicted octanol–water partition coefficient (Wildman–Crippen LogP) is 3.82. The number of ketones is 1. The number of carbonyl (C=O) groups is 1. The van der Waals surface area contributed by atoms with Crippen LogP contribution in [0.4, 0.5) is 5.69 Å². The summed E-state index contributed by atoms with van der Waals surface area (Å²) in [5, 5.41) is 7.23. The van der Waals surface area contributed by atoms with Crippen LogP contribution < -0.4 is 10.6 Å². The van der Waals surface area contributed by atoms with Crippen LogP contribution in [0.15, 0.2) is 42.5 Å². The zero-order valence-corrected chi connectivity index (χ0v) is 13.4. The Morgan fingerprint density at radius 3 is 2.61 bits per heavy atom. The molecule has 118 valence electrons. The Morgan fingerprint density at radius 2 is 1.83 bits per heavy atom. The largest absolute Gasteiger partial charge is 0.381 e. The summed E-state index contributed by atoms with van der Waals surface area (Å²) in [4.78, 5) is 11.5. The molecule has 2 aliphatic rings. The zero-order chi connectivity index (χ0) is 15.8. The molecule has 2 heterocycles. The van der Waals surface area contributed by atoms with Crippen LogP contribution in [0.2, 0.25) is 0 Å². The van der Waals surface area contributed by atoms with Gasteiger partial charge in [0.05, 0.1) is 0 Å². The quantitative estimate of drug-likeness (QED) is 0.829. The highest BCUT2D eigenvalue weighted by Gasteiger charge is 2.34. The standard InChI is InChI=1S/C20H22N2O/c1-13(23)14-5-7-15(8-6-14)16-3-2-4-19-20(16)17-9-11-21-12-10-18(17)22-19/h2-8,17-18,21-22H,9-12H2,1H3/t17-,18-/m0/s1. The zero-order valence-electron chi connectivity index (χ0n) is 13.4. The molecule has 3 heteroatoms. The Balaban J connectivity index is 1.76. The lowest BCUT2D eigenvalue weighted by Gasteiger charge is -2.18. The van der Waals surface area contributed by atoms with Gasteiger partial charge in [-0.3, -0.25) is 4.79 Å². The maximum atomic E-state index is 11.5. The fourth-order valence-corrected chi connectivity index (χ4v) is 3.99. The third-order valence-electron chi connectivity index (χ3n) is 5.17. The highest BCUT2D eigenvalue weighted by atomic mass is 16.1. The number of anilines is 1. The number of benzene rings is 2. The van der Waals surface area contributed by atoms with Crippen molar-refractivity contribution in [2.24, 2.45) is 0 Å². The Morgan fingerprint density at radius 1 is 1.04 bits per heavy atom. The van der Waals surface area contributed by atoms with E-state index in [-0.39, 0.29) is 5.78 Å². The van der Waals surface area contributed by atoms with Crippen molar-refractivity contribution in [1.29, 1.82) is 0 Å². The van der Waals surface area contributed by atoms with Gasteiger partial charge in [-0.05, 0) is 55.6 Å². The molecule has 0 aliphatic carbocycles. The second kappa shape index (κ2) is 5.82. The maximum absolute atomic E-state index is 11.5. The van der Waals surface area contributed by atoms with Crippen molar-refractivity contribution in [3.05, 3.63) is 53.6 Å². The van der Waals surface area contributed by atoms with Crippen LogP contribution in [-0.4, -0.2) is 24.9 Å². The minimum Gasteiger partial charge on any atom is -0.381 e. The molecular formula is C20H22N2O. The normalized spacial score (nSPS) is 22.7. The number of Topliss-reactive ketones (excluding diaryl/α,β-unsaturated/α-hetero) is 1. The van der Waals surface area contributed by atoms with Crippen LogP contribution >= 0.6 is 0 Å². The van der Waals surface area contributed by atoms with Gasteiger partial charge >= 0.3 is 0 Å². The van der Waals surface area contributed by atoms with E-state index in [9.17, 15) is 4.79 Å². The fourth-order valence-electron chi connectivity index (χ4n) is 3.99. The fraction of sp³-hybridized carbons (Fsp3) is 0.350. The second-order valence-corrected chi connectivity index (χ2v) is 6.59. The van der Waals surface area contributed by atoms with Crippen molar-refractivity contribution in [1.82, 2.24) is 5.32 Å². The van der Waals surface area contributed by atoms with Crippen LogP contribution in [0.3, 0.4) is 0 Å². The molecule has 2 N–H and O–H groups in total. The molecule has 0 unspecified atom stereocenters. The molecule has 2 aliphatic heterocycles. The van der Waals surface area contributed by atoms with E-state index in [0.29, 0.717) is 12.0 Å². The van der Waals surface area contributed by atoms with Crippen molar-refractivity contribution < 1.29 is 4.79 Å². The topological polar surface area (TPSA) is 41.1 Å². The molecule has 2 aromatic rings. The molecule has 23 heavy (non-hydrogen) atoms. The third kappa shape index (κ3) is 2.55. The number of hydrogen-bond donors (Lipinski definition) is 2. The lowest BCUT2D eigenvalue weighted by atomic mass is 9.86. The summed E-state index contributed by atoms with van der Waals surface area (Å²) < 4.78 is 0. The van der Waals surface area contributed by atoms with Crippen molar-refractivity contribution in [3.63, 3.8) is 0 Å². The maximum Gasteiger partial charge on any atom is 0.159 e. The van der Waals surface area contributed by atoms with E-state index in [0.717, 1.165) is 18.7 Å². The molecule has 2 aromatic carbocycles. The molecule has 1 saturated heterocycles. The monoisotopic (exact) mass is 306 g/mol. The number of hydrogen-bond acceptors (Lipinski definition) is 3. The summed E-state index contributed by atoms with van der Waals surface area (Å²) in [5.74, 6) is 0.690. The van der Waals surface area contributed by atoms with E-state index >= 15 is 0 Å². The first kappa shape index (κ1) is 14.5. The first-order chi connectivity index (χ1) is 11.2. The molecule has 0 amide bonds. The van der Waals surface area contributed by atoms with E-state index in [1.165, 1.54) is 35.2 Å². The summed E-state index contributed by atoms with van der Waals surface area (Å²) in [7, 11) is 0. The van der Waals surface area contributed by atoms with Crippen LogP contribution in [-0.2, 0) is 0 Å². The Kier molecular flexibility index (Phi) is 3.66. The van der Waals surface area contributed by atoms with Crippen molar-refractivity contribution in [2.45, 2.75) is 31.7 Å². The Hall–Kier alpha value is -2.13. The summed E-state index contributed by atoms with van der Waals surface area (Å²) in [5.41, 5.74) is 6.02. The van der Waals surface area contributed by atoms with Gasteiger partial charge < -0.3 is 10.6 Å². The average Bonchev–Trinajstić information content (AvgIpc) is 2.76. The third-order valence-corrected chi connectivity index (χ3v) is 5.17. The van der Waals surface area contributed by atoms with Crippen molar-refractivity contribution >= 4 is 11.5 Å². The smallest absolute Gasteiger partial charge is 0.159 e. The van der Waals surface area contributed by atoms with E-state index in [4.69, 9.17) is 0 Å². The minimum atomic E-state index is 0.117. The molecule has 1 fully saturated rings. The molecule has 3 nitrogen and oxygen atoms in total. The van der Waals surface area contributed by atoms with Gasteiger partial charge in [-0.1, -0.05) is 36.4 Å². The summed E-state index contributed by atoms with van der Waals surface area (Å²) in [6.07, 6.45) is 2.34. The predicted molar refractivity (Wildman–Crippen MR) is 94.1 cm³/mol. The number of fused-ring (bicyclic) bond motifs is 3. The van der Waals surface area contributed by atoms with Crippen LogP contribution in [0.25, 0.3) is 11.1 Å². The van der Waals surface area contributed by atoms with Crippen LogP contribution in [0, 0.1) is 0 Å². The van der Waals surface area contributed by atoms with E-state index in [2.05, 4.69) is 41.0 Å². The van der Waals surface area contributed by atoms with E-state index in [1.807, 2.05) is 12.1 Å². The first-order valence-corrected chi connectivity index (χ1v) is 8.45. The molecule has 0 saturated carbocycles.